The first-order valence-corrected chi connectivity index (χ1v) is 10.4. The highest BCUT2D eigenvalue weighted by Crippen LogP contribution is 2.33. The van der Waals surface area contributed by atoms with Gasteiger partial charge >= 0.3 is 0 Å². The van der Waals surface area contributed by atoms with Crippen LogP contribution >= 0.6 is 0 Å². The summed E-state index contributed by atoms with van der Waals surface area (Å²) >= 11 is 0. The Morgan fingerprint density at radius 1 is 1.10 bits per heavy atom. The van der Waals surface area contributed by atoms with E-state index in [-0.39, 0.29) is 23.4 Å². The minimum absolute atomic E-state index is 0.00437. The molecule has 0 radical (unpaired) electrons. The van der Waals surface area contributed by atoms with Gasteiger partial charge in [0.05, 0.1) is 24.8 Å². The van der Waals surface area contributed by atoms with Crippen LogP contribution in [0, 0.1) is 18.7 Å². The van der Waals surface area contributed by atoms with Crippen molar-refractivity contribution in [2.24, 2.45) is 5.92 Å². The van der Waals surface area contributed by atoms with Gasteiger partial charge in [-0.25, -0.2) is 9.37 Å². The first-order valence-electron chi connectivity index (χ1n) is 10.4. The third kappa shape index (κ3) is 3.88. The highest BCUT2D eigenvalue weighted by Gasteiger charge is 2.30. The molecule has 31 heavy (non-hydrogen) atoms. The second-order valence-electron chi connectivity index (χ2n) is 8.22. The Labute approximate surface area is 178 Å². The maximum atomic E-state index is 15.4. The summed E-state index contributed by atoms with van der Waals surface area (Å²) in [6.07, 6.45) is 3.53. The summed E-state index contributed by atoms with van der Waals surface area (Å²) in [5.41, 5.74) is 1.82. The summed E-state index contributed by atoms with van der Waals surface area (Å²) in [6, 6.07) is 10.6. The fraction of sp³-hybridized carbons (Fsp3) is 0.292. The van der Waals surface area contributed by atoms with Gasteiger partial charge in [-0.3, -0.25) is 9.59 Å². The van der Waals surface area contributed by atoms with Crippen LogP contribution in [0.15, 0.2) is 42.6 Å². The van der Waals surface area contributed by atoms with Gasteiger partial charge in [0.15, 0.2) is 0 Å². The van der Waals surface area contributed by atoms with Gasteiger partial charge < -0.3 is 15.4 Å². The van der Waals surface area contributed by atoms with Crippen LogP contribution in [0.4, 0.5) is 10.2 Å². The second kappa shape index (κ2) is 7.74. The predicted octanol–water partition coefficient (Wildman–Crippen LogP) is 3.83. The van der Waals surface area contributed by atoms with Crippen molar-refractivity contribution in [3.05, 3.63) is 59.5 Å². The fourth-order valence-electron chi connectivity index (χ4n) is 3.72. The van der Waals surface area contributed by atoms with E-state index in [1.807, 2.05) is 31.2 Å². The highest BCUT2D eigenvalue weighted by molar-refractivity contribution is 5.98. The molecule has 158 valence electrons. The molecule has 5 rings (SSSR count). The van der Waals surface area contributed by atoms with Crippen LogP contribution in [0.25, 0.3) is 21.9 Å². The average Bonchev–Trinajstić information content (AvgIpc) is 3.56. The molecule has 0 spiro atoms. The third-order valence-electron chi connectivity index (χ3n) is 5.78. The van der Waals surface area contributed by atoms with Gasteiger partial charge in [0.2, 0.25) is 5.91 Å². The number of hydrogen-bond acceptors (Lipinski definition) is 4. The van der Waals surface area contributed by atoms with Crippen molar-refractivity contribution in [3.8, 4) is 11.1 Å². The number of nitrogens with zero attached hydrogens (tertiary/aromatic N) is 1. The Kier molecular flexibility index (Phi) is 4.90. The number of fused-ring (bicyclic) bond motifs is 1. The Hall–Kier alpha value is -3.32. The van der Waals surface area contributed by atoms with Gasteiger partial charge in [-0.15, -0.1) is 0 Å². The van der Waals surface area contributed by atoms with E-state index >= 15 is 4.39 Å². The summed E-state index contributed by atoms with van der Waals surface area (Å²) in [7, 11) is 0. The van der Waals surface area contributed by atoms with E-state index in [0.29, 0.717) is 30.2 Å². The molecule has 0 unspecified atom stereocenters. The number of aryl methyl sites for hydroxylation is 1. The summed E-state index contributed by atoms with van der Waals surface area (Å²) < 4.78 is 20.4. The smallest absolute Gasteiger partial charge is 0.254 e. The maximum absolute atomic E-state index is 15.4. The van der Waals surface area contributed by atoms with E-state index in [9.17, 15) is 9.59 Å². The molecule has 2 fully saturated rings. The SMILES string of the molecule is Cc1ccc(C(=O)NC2COC2)c(F)c1-c1ccc2cc(NC(=O)C3CC3)ncc2c1. The minimum atomic E-state index is -0.543. The summed E-state index contributed by atoms with van der Waals surface area (Å²) in [6.45, 7) is 2.72. The van der Waals surface area contributed by atoms with Gasteiger partial charge in [0, 0.05) is 23.1 Å². The molecular formula is C24H22FN3O3. The fourth-order valence-corrected chi connectivity index (χ4v) is 3.72. The average molecular weight is 419 g/mol. The molecule has 6 nitrogen and oxygen atoms in total. The topological polar surface area (TPSA) is 80.3 Å². The third-order valence-corrected chi connectivity index (χ3v) is 5.78. The molecule has 0 atom stereocenters. The predicted molar refractivity (Wildman–Crippen MR) is 115 cm³/mol. The number of nitrogens with one attached hydrogen (secondary N) is 2. The molecule has 3 aromatic rings. The molecule has 2 N–H and O–H groups in total. The van der Waals surface area contributed by atoms with Crippen LogP contribution in [0.3, 0.4) is 0 Å². The quantitative estimate of drug-likeness (QED) is 0.659. The van der Waals surface area contributed by atoms with Crippen LogP contribution in [-0.4, -0.2) is 36.1 Å². The zero-order chi connectivity index (χ0) is 21.5. The summed E-state index contributed by atoms with van der Waals surface area (Å²) in [5, 5.41) is 7.34. The Bertz CT molecular complexity index is 1200. The van der Waals surface area contributed by atoms with Gasteiger partial charge in [0.25, 0.3) is 5.91 Å². The van der Waals surface area contributed by atoms with Crippen molar-refractivity contribution >= 4 is 28.4 Å². The van der Waals surface area contributed by atoms with E-state index < -0.39 is 11.7 Å². The van der Waals surface area contributed by atoms with Gasteiger partial charge in [-0.05, 0) is 54.5 Å². The normalized spacial score (nSPS) is 16.1. The Balaban J connectivity index is 1.45. The van der Waals surface area contributed by atoms with Crippen molar-refractivity contribution in [3.63, 3.8) is 0 Å². The van der Waals surface area contributed by atoms with Crippen LogP contribution in [-0.2, 0) is 9.53 Å². The second-order valence-corrected chi connectivity index (χ2v) is 8.22. The largest absolute Gasteiger partial charge is 0.377 e. The van der Waals surface area contributed by atoms with E-state index in [4.69, 9.17) is 4.74 Å². The lowest BCUT2D eigenvalue weighted by Crippen LogP contribution is -2.48. The van der Waals surface area contributed by atoms with Crippen LogP contribution in [0.1, 0.15) is 28.8 Å². The zero-order valence-electron chi connectivity index (χ0n) is 17.1. The number of aromatic nitrogens is 1. The first kappa shape index (κ1) is 19.6. The lowest BCUT2D eigenvalue weighted by atomic mass is 9.95. The first-order chi connectivity index (χ1) is 15.0. The van der Waals surface area contributed by atoms with E-state index in [2.05, 4.69) is 15.6 Å². The minimum Gasteiger partial charge on any atom is -0.377 e. The van der Waals surface area contributed by atoms with Gasteiger partial charge in [-0.1, -0.05) is 18.2 Å². The van der Waals surface area contributed by atoms with Crippen LogP contribution < -0.4 is 10.6 Å². The monoisotopic (exact) mass is 419 g/mol. The Morgan fingerprint density at radius 2 is 1.90 bits per heavy atom. The number of carbonyl (C=O) groups excluding carboxylic acids is 2. The molecule has 1 aliphatic heterocycles. The molecule has 2 aromatic carbocycles. The number of carbonyl (C=O) groups is 2. The van der Waals surface area contributed by atoms with E-state index in [1.165, 1.54) is 6.07 Å². The van der Waals surface area contributed by atoms with Crippen LogP contribution in [0.5, 0.6) is 0 Å². The molecule has 2 heterocycles. The Morgan fingerprint density at radius 3 is 2.61 bits per heavy atom. The standard InChI is InChI=1S/C24H22FN3O3/c1-13-2-7-19(24(30)27-18-11-31-12-18)22(25)21(13)16-6-5-15-9-20(26-10-17(15)8-16)28-23(29)14-3-4-14/h2,5-10,14,18H,3-4,11-12H2,1H3,(H,27,30)(H,26,28,29). The van der Waals surface area contributed by atoms with E-state index in [0.717, 1.165) is 29.2 Å². The number of ether oxygens (including phenoxy) is 1. The zero-order valence-corrected chi connectivity index (χ0v) is 17.1. The number of halogens is 1. The number of benzene rings is 2. The maximum Gasteiger partial charge on any atom is 0.254 e. The van der Waals surface area contributed by atoms with Crippen molar-refractivity contribution in [2.75, 3.05) is 18.5 Å². The number of hydrogen-bond donors (Lipinski definition) is 2. The molecule has 7 heteroatoms. The van der Waals surface area contributed by atoms with Crippen molar-refractivity contribution in [2.45, 2.75) is 25.8 Å². The molecule has 0 bridgehead atoms. The lowest BCUT2D eigenvalue weighted by molar-refractivity contribution is -0.117. The number of pyridine rings is 1. The van der Waals surface area contributed by atoms with E-state index in [1.54, 1.807) is 12.3 Å². The molecular weight excluding hydrogens is 397 g/mol. The van der Waals surface area contributed by atoms with Crippen molar-refractivity contribution in [1.29, 1.82) is 0 Å². The molecule has 1 aromatic heterocycles. The highest BCUT2D eigenvalue weighted by atomic mass is 19.1. The summed E-state index contributed by atoms with van der Waals surface area (Å²) in [4.78, 5) is 28.8. The van der Waals surface area contributed by atoms with Crippen molar-refractivity contribution < 1.29 is 18.7 Å². The van der Waals surface area contributed by atoms with Crippen LogP contribution in [0.2, 0.25) is 0 Å². The lowest BCUT2D eigenvalue weighted by Gasteiger charge is -2.27. The van der Waals surface area contributed by atoms with Gasteiger partial charge in [-0.2, -0.15) is 0 Å². The molecule has 1 aliphatic carbocycles. The molecule has 2 aliphatic rings. The number of rotatable bonds is 5. The van der Waals surface area contributed by atoms with Gasteiger partial charge in [0.1, 0.15) is 11.6 Å². The molecule has 1 saturated carbocycles. The molecule has 2 amide bonds. The molecule has 1 saturated heterocycles. The number of amides is 2. The number of anilines is 1. The van der Waals surface area contributed by atoms with Crippen molar-refractivity contribution in [1.82, 2.24) is 10.3 Å². The summed E-state index contributed by atoms with van der Waals surface area (Å²) in [5.74, 6) is -0.362.